The van der Waals surface area contributed by atoms with Gasteiger partial charge >= 0.3 is 5.97 Å². The van der Waals surface area contributed by atoms with E-state index in [0.717, 1.165) is 19.5 Å². The van der Waals surface area contributed by atoms with Gasteiger partial charge in [0.15, 0.2) is 0 Å². The molecule has 16 heavy (non-hydrogen) atoms. The number of esters is 1. The fraction of sp³-hybridized carbons (Fsp3) is 0.923. The molecule has 3 unspecified atom stereocenters. The lowest BCUT2D eigenvalue weighted by molar-refractivity contribution is -0.157. The van der Waals surface area contributed by atoms with Gasteiger partial charge in [-0.1, -0.05) is 6.42 Å². The highest BCUT2D eigenvalue weighted by molar-refractivity contribution is 5.74. The summed E-state index contributed by atoms with van der Waals surface area (Å²) in [7, 11) is 0. The SMILES string of the molecule is O=C(OC1CCNC1)C1C2CCCC1CC2. The lowest BCUT2D eigenvalue weighted by atomic mass is 9.79. The second-order valence-electron chi connectivity index (χ2n) is 5.61. The van der Waals surface area contributed by atoms with Crippen molar-refractivity contribution in [1.29, 1.82) is 0 Å². The van der Waals surface area contributed by atoms with Crippen LogP contribution in [0, 0.1) is 17.8 Å². The quantitative estimate of drug-likeness (QED) is 0.724. The van der Waals surface area contributed by atoms with Gasteiger partial charge < -0.3 is 10.1 Å². The Morgan fingerprint density at radius 1 is 1.06 bits per heavy atom. The summed E-state index contributed by atoms with van der Waals surface area (Å²) in [6.07, 6.45) is 7.48. The van der Waals surface area contributed by atoms with Crippen molar-refractivity contribution in [1.82, 2.24) is 5.32 Å². The van der Waals surface area contributed by atoms with Crippen LogP contribution in [0.25, 0.3) is 0 Å². The van der Waals surface area contributed by atoms with Crippen LogP contribution in [0.5, 0.6) is 0 Å². The van der Waals surface area contributed by atoms with E-state index in [1.54, 1.807) is 0 Å². The summed E-state index contributed by atoms with van der Waals surface area (Å²) in [5.41, 5.74) is 0. The molecule has 0 aromatic carbocycles. The molecular formula is C13H21NO2. The van der Waals surface area contributed by atoms with Gasteiger partial charge in [-0.15, -0.1) is 0 Å². The molecule has 2 aliphatic carbocycles. The van der Waals surface area contributed by atoms with E-state index in [2.05, 4.69) is 5.32 Å². The Hall–Kier alpha value is -0.570. The molecule has 0 radical (unpaired) electrons. The van der Waals surface area contributed by atoms with Gasteiger partial charge in [0.1, 0.15) is 6.10 Å². The number of hydrogen-bond donors (Lipinski definition) is 1. The highest BCUT2D eigenvalue weighted by atomic mass is 16.5. The zero-order valence-corrected chi connectivity index (χ0v) is 9.78. The van der Waals surface area contributed by atoms with E-state index in [4.69, 9.17) is 4.74 Å². The fourth-order valence-corrected chi connectivity index (χ4v) is 3.82. The van der Waals surface area contributed by atoms with Crippen molar-refractivity contribution in [3.63, 3.8) is 0 Å². The topological polar surface area (TPSA) is 38.3 Å². The van der Waals surface area contributed by atoms with Crippen LogP contribution in [0.2, 0.25) is 0 Å². The molecular weight excluding hydrogens is 202 g/mol. The average molecular weight is 223 g/mol. The van der Waals surface area contributed by atoms with Gasteiger partial charge in [0.25, 0.3) is 0 Å². The Kier molecular flexibility index (Phi) is 2.88. The van der Waals surface area contributed by atoms with Crippen molar-refractivity contribution in [2.24, 2.45) is 17.8 Å². The first-order valence-electron chi connectivity index (χ1n) is 6.76. The van der Waals surface area contributed by atoms with E-state index in [-0.39, 0.29) is 18.0 Å². The Morgan fingerprint density at radius 2 is 1.81 bits per heavy atom. The van der Waals surface area contributed by atoms with Crippen LogP contribution in [0.15, 0.2) is 0 Å². The van der Waals surface area contributed by atoms with Gasteiger partial charge in [0.05, 0.1) is 5.92 Å². The van der Waals surface area contributed by atoms with Gasteiger partial charge in [-0.2, -0.15) is 0 Å². The standard InChI is InChI=1S/C13H21NO2/c15-13(16-11-6-7-14-8-11)12-9-2-1-3-10(12)5-4-9/h9-12,14H,1-8H2. The lowest BCUT2D eigenvalue weighted by Crippen LogP contribution is -2.33. The first-order chi connectivity index (χ1) is 7.84. The van der Waals surface area contributed by atoms with Crippen LogP contribution in [0.1, 0.15) is 38.5 Å². The molecule has 3 heteroatoms. The van der Waals surface area contributed by atoms with E-state index in [1.807, 2.05) is 0 Å². The second kappa shape index (κ2) is 4.36. The molecule has 3 aliphatic rings. The smallest absolute Gasteiger partial charge is 0.309 e. The number of carbonyl (C=O) groups is 1. The zero-order valence-electron chi connectivity index (χ0n) is 9.78. The minimum absolute atomic E-state index is 0.112. The molecule has 2 bridgehead atoms. The molecule has 3 nitrogen and oxygen atoms in total. The monoisotopic (exact) mass is 223 g/mol. The molecule has 3 atom stereocenters. The van der Waals surface area contributed by atoms with Gasteiger partial charge in [-0.05, 0) is 50.5 Å². The van der Waals surface area contributed by atoms with Crippen LogP contribution in [0.3, 0.4) is 0 Å². The third-order valence-electron chi connectivity index (χ3n) is 4.64. The molecule has 1 aliphatic heterocycles. The van der Waals surface area contributed by atoms with Gasteiger partial charge in [-0.25, -0.2) is 0 Å². The summed E-state index contributed by atoms with van der Waals surface area (Å²) >= 11 is 0. The first-order valence-corrected chi connectivity index (χ1v) is 6.76. The highest BCUT2D eigenvalue weighted by Crippen LogP contribution is 2.47. The van der Waals surface area contributed by atoms with Crippen molar-refractivity contribution in [3.05, 3.63) is 0 Å². The van der Waals surface area contributed by atoms with Crippen molar-refractivity contribution in [2.45, 2.75) is 44.6 Å². The Balaban J connectivity index is 1.61. The number of hydrogen-bond acceptors (Lipinski definition) is 3. The van der Waals surface area contributed by atoms with Crippen LogP contribution in [0.4, 0.5) is 0 Å². The second-order valence-corrected chi connectivity index (χ2v) is 5.61. The summed E-state index contributed by atoms with van der Waals surface area (Å²) in [6.45, 7) is 1.85. The maximum Gasteiger partial charge on any atom is 0.309 e. The van der Waals surface area contributed by atoms with Gasteiger partial charge in [-0.3, -0.25) is 4.79 Å². The van der Waals surface area contributed by atoms with Crippen LogP contribution < -0.4 is 5.32 Å². The average Bonchev–Trinajstić information content (AvgIpc) is 2.86. The summed E-state index contributed by atoms with van der Waals surface area (Å²) in [4.78, 5) is 12.2. The molecule has 3 rings (SSSR count). The number of fused-ring (bicyclic) bond motifs is 2. The molecule has 90 valence electrons. The van der Waals surface area contributed by atoms with Crippen molar-refractivity contribution in [2.75, 3.05) is 13.1 Å². The van der Waals surface area contributed by atoms with Crippen LogP contribution in [-0.4, -0.2) is 25.2 Å². The summed E-state index contributed by atoms with van der Waals surface area (Å²) < 4.78 is 5.63. The van der Waals surface area contributed by atoms with Crippen LogP contribution in [-0.2, 0) is 9.53 Å². The summed E-state index contributed by atoms with van der Waals surface area (Å²) in [6, 6.07) is 0. The maximum absolute atomic E-state index is 12.2. The predicted molar refractivity (Wildman–Crippen MR) is 60.9 cm³/mol. The predicted octanol–water partition coefficient (Wildman–Crippen LogP) is 1.72. The van der Waals surface area contributed by atoms with E-state index in [1.165, 1.54) is 32.1 Å². The molecule has 0 spiro atoms. The van der Waals surface area contributed by atoms with E-state index in [9.17, 15) is 4.79 Å². The third-order valence-corrected chi connectivity index (χ3v) is 4.64. The Labute approximate surface area is 96.9 Å². The Bertz CT molecular complexity index is 257. The molecule has 3 fully saturated rings. The van der Waals surface area contributed by atoms with E-state index < -0.39 is 0 Å². The summed E-state index contributed by atoms with van der Waals surface area (Å²) in [5, 5.41) is 3.24. The lowest BCUT2D eigenvalue weighted by Gasteiger charge is -2.29. The van der Waals surface area contributed by atoms with Crippen molar-refractivity contribution in [3.8, 4) is 0 Å². The molecule has 0 amide bonds. The zero-order chi connectivity index (χ0) is 11.0. The maximum atomic E-state index is 12.2. The number of rotatable bonds is 2. The minimum atomic E-state index is 0.112. The van der Waals surface area contributed by atoms with Crippen molar-refractivity contribution >= 4 is 5.97 Å². The highest BCUT2D eigenvalue weighted by Gasteiger charge is 2.44. The summed E-state index contributed by atoms with van der Waals surface area (Å²) in [5.74, 6) is 1.64. The van der Waals surface area contributed by atoms with Crippen molar-refractivity contribution < 1.29 is 9.53 Å². The number of nitrogens with one attached hydrogen (secondary N) is 1. The normalized spacial score (nSPS) is 42.2. The molecule has 1 saturated heterocycles. The van der Waals surface area contributed by atoms with E-state index in [0.29, 0.717) is 11.8 Å². The van der Waals surface area contributed by atoms with Crippen LogP contribution >= 0.6 is 0 Å². The molecule has 1 N–H and O–H groups in total. The number of carbonyl (C=O) groups excluding carboxylic acids is 1. The van der Waals surface area contributed by atoms with E-state index >= 15 is 0 Å². The van der Waals surface area contributed by atoms with Gasteiger partial charge in [0.2, 0.25) is 0 Å². The fourth-order valence-electron chi connectivity index (χ4n) is 3.82. The molecule has 2 saturated carbocycles. The molecule has 0 aromatic rings. The Morgan fingerprint density at radius 3 is 2.44 bits per heavy atom. The third kappa shape index (κ3) is 1.86. The molecule has 1 heterocycles. The number of ether oxygens (including phenoxy) is 1. The molecule has 0 aromatic heterocycles. The minimum Gasteiger partial charge on any atom is -0.461 e. The van der Waals surface area contributed by atoms with Gasteiger partial charge in [0, 0.05) is 6.54 Å². The largest absolute Gasteiger partial charge is 0.461 e. The first kappa shape index (κ1) is 10.6.